The summed E-state index contributed by atoms with van der Waals surface area (Å²) in [4.78, 5) is 17.6. The van der Waals surface area contributed by atoms with Gasteiger partial charge in [0.05, 0.1) is 5.56 Å². The van der Waals surface area contributed by atoms with E-state index in [1.807, 2.05) is 16.8 Å². The number of ether oxygens (including phenoxy) is 1. The van der Waals surface area contributed by atoms with Gasteiger partial charge in [-0.1, -0.05) is 12.8 Å². The molecule has 0 N–H and O–H groups in total. The van der Waals surface area contributed by atoms with Crippen molar-refractivity contribution in [2.45, 2.75) is 51.0 Å². The van der Waals surface area contributed by atoms with Crippen LogP contribution in [0.15, 0.2) is 16.8 Å². The molecular weight excluding hydrogens is 320 g/mol. The van der Waals surface area contributed by atoms with Crippen molar-refractivity contribution in [3.8, 4) is 0 Å². The number of carbonyl (C=O) groups is 1. The Bertz CT molecular complexity index is 478. The van der Waals surface area contributed by atoms with Crippen LogP contribution in [0.4, 0.5) is 0 Å². The van der Waals surface area contributed by atoms with Crippen molar-refractivity contribution in [3.05, 3.63) is 22.4 Å². The fraction of sp³-hybridized carbons (Fsp3) is 0.737. The van der Waals surface area contributed by atoms with E-state index in [0.717, 1.165) is 51.1 Å². The number of hydrogen-bond acceptors (Lipinski definition) is 4. The molecular formula is C19H30N2O2S. The number of amides is 1. The van der Waals surface area contributed by atoms with Crippen LogP contribution in [0.25, 0.3) is 0 Å². The van der Waals surface area contributed by atoms with E-state index in [-0.39, 0.29) is 5.91 Å². The molecule has 1 amide bonds. The normalized spacial score (nSPS) is 20.7. The lowest BCUT2D eigenvalue weighted by atomic mass is 10.1. The predicted molar refractivity (Wildman–Crippen MR) is 98.7 cm³/mol. The van der Waals surface area contributed by atoms with Gasteiger partial charge in [0.25, 0.3) is 5.91 Å². The molecule has 0 unspecified atom stereocenters. The fourth-order valence-corrected chi connectivity index (χ4v) is 4.45. The molecule has 0 saturated carbocycles. The summed E-state index contributed by atoms with van der Waals surface area (Å²) in [5, 5.41) is 3.97. The summed E-state index contributed by atoms with van der Waals surface area (Å²) in [5.41, 5.74) is 0.848. The molecule has 3 heterocycles. The standard InChI is InChI=1S/C19H30N2O2S/c22-19(17-8-15-24-16-17)21(18-6-13-23-14-7-18)12-5-11-20-9-3-1-2-4-10-20/h8,15-16,18H,1-7,9-14H2. The van der Waals surface area contributed by atoms with Crippen LogP contribution in [0.1, 0.15) is 55.3 Å². The lowest BCUT2D eigenvalue weighted by Crippen LogP contribution is -2.44. The Kier molecular flexibility index (Phi) is 7.12. The molecule has 24 heavy (non-hydrogen) atoms. The minimum atomic E-state index is 0.207. The van der Waals surface area contributed by atoms with E-state index in [2.05, 4.69) is 9.80 Å². The lowest BCUT2D eigenvalue weighted by molar-refractivity contribution is 0.0280. The monoisotopic (exact) mass is 350 g/mol. The molecule has 1 aromatic rings. The summed E-state index contributed by atoms with van der Waals surface area (Å²) < 4.78 is 5.49. The summed E-state index contributed by atoms with van der Waals surface area (Å²) in [7, 11) is 0. The molecule has 2 saturated heterocycles. The second-order valence-corrected chi connectivity index (χ2v) is 7.74. The Morgan fingerprint density at radius 3 is 2.62 bits per heavy atom. The second kappa shape index (κ2) is 9.54. The third kappa shape index (κ3) is 5.04. The summed E-state index contributed by atoms with van der Waals surface area (Å²) >= 11 is 1.60. The van der Waals surface area contributed by atoms with Gasteiger partial charge < -0.3 is 14.5 Å². The van der Waals surface area contributed by atoms with Crippen molar-refractivity contribution in [1.29, 1.82) is 0 Å². The van der Waals surface area contributed by atoms with Gasteiger partial charge in [0, 0.05) is 31.2 Å². The van der Waals surface area contributed by atoms with Crippen LogP contribution in [0.3, 0.4) is 0 Å². The van der Waals surface area contributed by atoms with E-state index >= 15 is 0 Å². The number of rotatable bonds is 6. The molecule has 3 rings (SSSR count). The van der Waals surface area contributed by atoms with Gasteiger partial charge in [-0.2, -0.15) is 11.3 Å². The molecule has 134 valence electrons. The molecule has 1 aromatic heterocycles. The van der Waals surface area contributed by atoms with Crippen molar-refractivity contribution in [2.24, 2.45) is 0 Å². The van der Waals surface area contributed by atoms with E-state index in [4.69, 9.17) is 4.74 Å². The zero-order valence-corrected chi connectivity index (χ0v) is 15.4. The molecule has 0 atom stereocenters. The Labute approximate surface area is 149 Å². The maximum absolute atomic E-state index is 12.9. The van der Waals surface area contributed by atoms with Gasteiger partial charge in [0.2, 0.25) is 0 Å². The molecule has 0 aliphatic carbocycles. The predicted octanol–water partition coefficient (Wildman–Crippen LogP) is 3.64. The van der Waals surface area contributed by atoms with Crippen molar-refractivity contribution < 1.29 is 9.53 Å². The molecule has 2 aliphatic heterocycles. The fourth-order valence-electron chi connectivity index (χ4n) is 3.82. The maximum atomic E-state index is 12.9. The number of hydrogen-bond donors (Lipinski definition) is 0. The van der Waals surface area contributed by atoms with E-state index in [1.165, 1.54) is 38.8 Å². The maximum Gasteiger partial charge on any atom is 0.254 e. The quantitative estimate of drug-likeness (QED) is 0.785. The molecule has 0 bridgehead atoms. The summed E-state index contributed by atoms with van der Waals surface area (Å²) in [6, 6.07) is 2.30. The topological polar surface area (TPSA) is 32.8 Å². The second-order valence-electron chi connectivity index (χ2n) is 6.96. The van der Waals surface area contributed by atoms with Gasteiger partial charge in [-0.25, -0.2) is 0 Å². The van der Waals surface area contributed by atoms with Crippen LogP contribution < -0.4 is 0 Å². The van der Waals surface area contributed by atoms with Gasteiger partial charge >= 0.3 is 0 Å². The van der Waals surface area contributed by atoms with Crippen LogP contribution in [0.5, 0.6) is 0 Å². The zero-order chi connectivity index (χ0) is 16.6. The average Bonchev–Trinajstić information content (AvgIpc) is 3.04. The Hall–Kier alpha value is -0.910. The lowest BCUT2D eigenvalue weighted by Gasteiger charge is -2.35. The van der Waals surface area contributed by atoms with Gasteiger partial charge in [0.15, 0.2) is 0 Å². The van der Waals surface area contributed by atoms with Crippen molar-refractivity contribution in [3.63, 3.8) is 0 Å². The van der Waals surface area contributed by atoms with Crippen molar-refractivity contribution in [1.82, 2.24) is 9.80 Å². The first-order valence-corrected chi connectivity index (χ1v) is 10.4. The van der Waals surface area contributed by atoms with Crippen LogP contribution >= 0.6 is 11.3 Å². The first-order valence-electron chi connectivity index (χ1n) is 9.48. The SMILES string of the molecule is O=C(c1ccsc1)N(CCCN1CCCCCC1)C1CCOCC1. The van der Waals surface area contributed by atoms with Crippen LogP contribution in [-0.4, -0.2) is 61.1 Å². The van der Waals surface area contributed by atoms with Crippen molar-refractivity contribution >= 4 is 17.2 Å². The average molecular weight is 351 g/mol. The molecule has 0 radical (unpaired) electrons. The Morgan fingerprint density at radius 2 is 1.96 bits per heavy atom. The molecule has 2 fully saturated rings. The third-order valence-electron chi connectivity index (χ3n) is 5.23. The van der Waals surface area contributed by atoms with E-state index < -0.39 is 0 Å². The highest BCUT2D eigenvalue weighted by Gasteiger charge is 2.26. The Balaban J connectivity index is 1.56. The highest BCUT2D eigenvalue weighted by atomic mass is 32.1. The number of thiophene rings is 1. The number of carbonyl (C=O) groups excluding carboxylic acids is 1. The van der Waals surface area contributed by atoms with Gasteiger partial charge in [-0.05, 0) is 63.2 Å². The smallest absolute Gasteiger partial charge is 0.254 e. The summed E-state index contributed by atoms with van der Waals surface area (Å²) in [6.45, 7) is 6.02. The number of nitrogens with zero attached hydrogens (tertiary/aromatic N) is 2. The summed E-state index contributed by atoms with van der Waals surface area (Å²) in [6.07, 6.45) is 8.43. The summed E-state index contributed by atoms with van der Waals surface area (Å²) in [5.74, 6) is 0.207. The van der Waals surface area contributed by atoms with E-state index in [9.17, 15) is 4.79 Å². The molecule has 5 heteroatoms. The van der Waals surface area contributed by atoms with Gasteiger partial charge in [0.1, 0.15) is 0 Å². The van der Waals surface area contributed by atoms with Crippen molar-refractivity contribution in [2.75, 3.05) is 39.4 Å². The molecule has 2 aliphatic rings. The first-order chi connectivity index (χ1) is 11.8. The van der Waals surface area contributed by atoms with Gasteiger partial charge in [-0.3, -0.25) is 4.79 Å². The first kappa shape index (κ1) is 17.9. The zero-order valence-electron chi connectivity index (χ0n) is 14.6. The minimum Gasteiger partial charge on any atom is -0.381 e. The van der Waals surface area contributed by atoms with E-state index in [0.29, 0.717) is 6.04 Å². The Morgan fingerprint density at radius 1 is 1.21 bits per heavy atom. The van der Waals surface area contributed by atoms with Gasteiger partial charge in [-0.15, -0.1) is 0 Å². The molecule has 0 aromatic carbocycles. The largest absolute Gasteiger partial charge is 0.381 e. The van der Waals surface area contributed by atoms with Crippen LogP contribution in [0.2, 0.25) is 0 Å². The van der Waals surface area contributed by atoms with Crippen LogP contribution in [-0.2, 0) is 4.74 Å². The third-order valence-corrected chi connectivity index (χ3v) is 5.92. The van der Waals surface area contributed by atoms with Crippen LogP contribution in [0, 0.1) is 0 Å². The molecule has 0 spiro atoms. The number of likely N-dealkylation sites (tertiary alicyclic amines) is 1. The molecule has 4 nitrogen and oxygen atoms in total. The highest BCUT2D eigenvalue weighted by molar-refractivity contribution is 7.08. The van der Waals surface area contributed by atoms with E-state index in [1.54, 1.807) is 11.3 Å². The minimum absolute atomic E-state index is 0.207. The highest BCUT2D eigenvalue weighted by Crippen LogP contribution is 2.19.